The number of nitrogens with zero attached hydrogens (tertiary/aromatic N) is 2. The highest BCUT2D eigenvalue weighted by atomic mass is 32.1. The first-order chi connectivity index (χ1) is 8.09. The first-order valence-electron chi connectivity index (χ1n) is 5.45. The van der Waals surface area contributed by atoms with E-state index in [2.05, 4.69) is 16.5 Å². The molecule has 0 saturated carbocycles. The van der Waals surface area contributed by atoms with Gasteiger partial charge in [-0.3, -0.25) is 0 Å². The van der Waals surface area contributed by atoms with Gasteiger partial charge >= 0.3 is 0 Å². The van der Waals surface area contributed by atoms with Crippen LogP contribution in [0, 0.1) is 13.8 Å². The minimum absolute atomic E-state index is 0.440. The first kappa shape index (κ1) is 11.8. The molecule has 0 radical (unpaired) electrons. The molecule has 0 unspecified atom stereocenters. The van der Waals surface area contributed by atoms with Crippen molar-refractivity contribution in [2.24, 2.45) is 5.73 Å². The molecule has 17 heavy (non-hydrogen) atoms. The van der Waals surface area contributed by atoms with Crippen LogP contribution < -0.4 is 5.73 Å². The van der Waals surface area contributed by atoms with Crippen molar-refractivity contribution in [1.82, 2.24) is 9.55 Å². The molecule has 4 heteroatoms. The number of rotatable bonds is 3. The number of aryl methyl sites for hydroxylation is 1. The SMILES string of the molecule is Cc1ncn(Cc2ccccc2C(N)=S)c1C. The summed E-state index contributed by atoms with van der Waals surface area (Å²) >= 11 is 5.06. The van der Waals surface area contributed by atoms with Crippen molar-refractivity contribution in [2.75, 3.05) is 0 Å². The van der Waals surface area contributed by atoms with E-state index in [1.165, 1.54) is 5.69 Å². The number of benzene rings is 1. The fourth-order valence-corrected chi connectivity index (χ4v) is 1.98. The minimum Gasteiger partial charge on any atom is -0.389 e. The van der Waals surface area contributed by atoms with E-state index in [1.54, 1.807) is 0 Å². The lowest BCUT2D eigenvalue weighted by atomic mass is 10.1. The second kappa shape index (κ2) is 4.67. The highest BCUT2D eigenvalue weighted by Gasteiger charge is 2.07. The van der Waals surface area contributed by atoms with Gasteiger partial charge in [-0.1, -0.05) is 36.5 Å². The normalized spacial score (nSPS) is 10.5. The molecule has 0 amide bonds. The van der Waals surface area contributed by atoms with E-state index in [9.17, 15) is 0 Å². The zero-order valence-corrected chi connectivity index (χ0v) is 10.8. The third-order valence-corrected chi connectivity index (χ3v) is 3.19. The molecular weight excluding hydrogens is 230 g/mol. The van der Waals surface area contributed by atoms with Gasteiger partial charge in [0.1, 0.15) is 4.99 Å². The monoisotopic (exact) mass is 245 g/mol. The van der Waals surface area contributed by atoms with Crippen molar-refractivity contribution in [3.8, 4) is 0 Å². The lowest BCUT2D eigenvalue weighted by Crippen LogP contribution is -2.14. The predicted molar refractivity (Wildman–Crippen MR) is 73.1 cm³/mol. The largest absolute Gasteiger partial charge is 0.389 e. The van der Waals surface area contributed by atoms with Gasteiger partial charge in [0.15, 0.2) is 0 Å². The highest BCUT2D eigenvalue weighted by Crippen LogP contribution is 2.13. The smallest absolute Gasteiger partial charge is 0.104 e. The molecule has 88 valence electrons. The number of thiocarbonyl (C=S) groups is 1. The molecule has 2 rings (SSSR count). The van der Waals surface area contributed by atoms with Crippen molar-refractivity contribution in [1.29, 1.82) is 0 Å². The molecule has 1 aromatic carbocycles. The zero-order valence-electron chi connectivity index (χ0n) is 9.97. The van der Waals surface area contributed by atoms with Gasteiger partial charge in [-0.05, 0) is 19.4 Å². The molecule has 0 fully saturated rings. The molecular formula is C13H15N3S. The topological polar surface area (TPSA) is 43.8 Å². The second-order valence-corrected chi connectivity index (χ2v) is 4.50. The van der Waals surface area contributed by atoms with E-state index >= 15 is 0 Å². The quantitative estimate of drug-likeness (QED) is 0.843. The Bertz CT molecular complexity index is 558. The maximum atomic E-state index is 5.72. The maximum absolute atomic E-state index is 5.72. The van der Waals surface area contributed by atoms with Crippen molar-refractivity contribution >= 4 is 17.2 Å². The third-order valence-electron chi connectivity index (χ3n) is 2.97. The molecule has 0 atom stereocenters. The van der Waals surface area contributed by atoms with Crippen molar-refractivity contribution < 1.29 is 0 Å². The van der Waals surface area contributed by atoms with Gasteiger partial charge in [0.2, 0.25) is 0 Å². The number of aromatic nitrogens is 2. The molecule has 2 N–H and O–H groups in total. The van der Waals surface area contributed by atoms with Crippen LogP contribution in [-0.2, 0) is 6.54 Å². The van der Waals surface area contributed by atoms with E-state index in [1.807, 2.05) is 37.5 Å². The summed E-state index contributed by atoms with van der Waals surface area (Å²) < 4.78 is 2.10. The van der Waals surface area contributed by atoms with Crippen LogP contribution in [0.25, 0.3) is 0 Å². The predicted octanol–water partition coefficient (Wildman–Crippen LogP) is 2.18. The maximum Gasteiger partial charge on any atom is 0.104 e. The van der Waals surface area contributed by atoms with Crippen LogP contribution in [0.5, 0.6) is 0 Å². The number of hydrogen-bond acceptors (Lipinski definition) is 2. The lowest BCUT2D eigenvalue weighted by Gasteiger charge is -2.10. The van der Waals surface area contributed by atoms with Crippen molar-refractivity contribution in [3.05, 3.63) is 53.1 Å². The summed E-state index contributed by atoms with van der Waals surface area (Å²) in [7, 11) is 0. The Morgan fingerprint density at radius 1 is 1.35 bits per heavy atom. The fourth-order valence-electron chi connectivity index (χ4n) is 1.79. The molecule has 0 spiro atoms. The van der Waals surface area contributed by atoms with Gasteiger partial charge < -0.3 is 10.3 Å². The van der Waals surface area contributed by atoms with Crippen LogP contribution in [0.1, 0.15) is 22.5 Å². The molecule has 1 aromatic heterocycles. The molecule has 3 nitrogen and oxygen atoms in total. The molecule has 0 bridgehead atoms. The average Bonchev–Trinajstić information content (AvgIpc) is 2.61. The molecule has 2 aromatic rings. The summed E-state index contributed by atoms with van der Waals surface area (Å²) in [4.78, 5) is 4.73. The molecule has 0 aliphatic heterocycles. The summed E-state index contributed by atoms with van der Waals surface area (Å²) in [5.74, 6) is 0. The standard InChI is InChI=1S/C13H15N3S/c1-9-10(2)16(8-15-9)7-11-5-3-4-6-12(11)13(14)17/h3-6,8H,7H2,1-2H3,(H2,14,17). The average molecular weight is 245 g/mol. The van der Waals surface area contributed by atoms with Gasteiger partial charge in [0, 0.05) is 17.8 Å². The Morgan fingerprint density at radius 2 is 2.06 bits per heavy atom. The first-order valence-corrected chi connectivity index (χ1v) is 5.86. The van der Waals surface area contributed by atoms with E-state index < -0.39 is 0 Å². The Labute approximate surface area is 106 Å². The lowest BCUT2D eigenvalue weighted by molar-refractivity contribution is 0.767. The summed E-state index contributed by atoms with van der Waals surface area (Å²) in [6.07, 6.45) is 1.85. The van der Waals surface area contributed by atoms with Crippen LogP contribution in [-0.4, -0.2) is 14.5 Å². The fraction of sp³-hybridized carbons (Fsp3) is 0.231. The van der Waals surface area contributed by atoms with E-state index in [-0.39, 0.29) is 0 Å². The van der Waals surface area contributed by atoms with Gasteiger partial charge in [0.25, 0.3) is 0 Å². The zero-order chi connectivity index (χ0) is 12.4. The Hall–Kier alpha value is -1.68. The summed E-state index contributed by atoms with van der Waals surface area (Å²) in [5, 5.41) is 0. The van der Waals surface area contributed by atoms with E-state index in [0.29, 0.717) is 4.99 Å². The second-order valence-electron chi connectivity index (χ2n) is 4.06. The summed E-state index contributed by atoms with van der Waals surface area (Å²) in [6, 6.07) is 7.94. The van der Waals surface area contributed by atoms with Crippen molar-refractivity contribution in [3.63, 3.8) is 0 Å². The minimum atomic E-state index is 0.440. The van der Waals surface area contributed by atoms with Gasteiger partial charge in [-0.2, -0.15) is 0 Å². The summed E-state index contributed by atoms with van der Waals surface area (Å²) in [5.41, 5.74) is 10.0. The van der Waals surface area contributed by atoms with Gasteiger partial charge in [-0.15, -0.1) is 0 Å². The molecule has 0 saturated heterocycles. The Kier molecular flexibility index (Phi) is 3.24. The summed E-state index contributed by atoms with van der Waals surface area (Å²) in [6.45, 7) is 4.82. The highest BCUT2D eigenvalue weighted by molar-refractivity contribution is 7.80. The number of nitrogens with two attached hydrogens (primary N) is 1. The van der Waals surface area contributed by atoms with Crippen LogP contribution in [0.3, 0.4) is 0 Å². The number of hydrogen-bond donors (Lipinski definition) is 1. The van der Waals surface area contributed by atoms with Crippen LogP contribution in [0.2, 0.25) is 0 Å². The number of imidazole rings is 1. The van der Waals surface area contributed by atoms with Crippen molar-refractivity contribution in [2.45, 2.75) is 20.4 Å². The third kappa shape index (κ3) is 2.36. The van der Waals surface area contributed by atoms with Crippen LogP contribution in [0.15, 0.2) is 30.6 Å². The van der Waals surface area contributed by atoms with E-state index in [0.717, 1.165) is 23.4 Å². The molecule has 0 aliphatic rings. The van der Waals surface area contributed by atoms with Gasteiger partial charge in [0.05, 0.1) is 12.0 Å². The van der Waals surface area contributed by atoms with Crippen LogP contribution >= 0.6 is 12.2 Å². The molecule has 1 heterocycles. The molecule has 0 aliphatic carbocycles. The van der Waals surface area contributed by atoms with Gasteiger partial charge in [-0.25, -0.2) is 4.98 Å². The Balaban J connectivity index is 2.36. The van der Waals surface area contributed by atoms with Crippen LogP contribution in [0.4, 0.5) is 0 Å². The van der Waals surface area contributed by atoms with E-state index in [4.69, 9.17) is 18.0 Å². The Morgan fingerprint density at radius 3 is 2.65 bits per heavy atom.